The Hall–Kier alpha value is -0.280. The molecule has 1 unspecified atom stereocenters. The predicted octanol–water partition coefficient (Wildman–Crippen LogP) is 0.722. The lowest BCUT2D eigenvalue weighted by Crippen LogP contribution is -2.29. The number of hydrogen-bond donors (Lipinski definition) is 1. The summed E-state index contributed by atoms with van der Waals surface area (Å²) in [6.45, 7) is 3.84. The number of carbonyl (C=O) groups is 1. The summed E-state index contributed by atoms with van der Waals surface area (Å²) in [6.07, 6.45) is 0.766. The standard InChI is InChI=1S/C7H13NO2.ClH/c1-7(2)4-5(8-3)6(9)10-7;/h5,8H,4H2,1-3H3;1H. The average molecular weight is 180 g/mol. The van der Waals surface area contributed by atoms with E-state index < -0.39 is 0 Å². The Bertz CT molecular complexity index is 159. The summed E-state index contributed by atoms with van der Waals surface area (Å²) in [5.41, 5.74) is -0.273. The lowest BCUT2D eigenvalue weighted by atomic mass is 10.0. The zero-order valence-corrected chi connectivity index (χ0v) is 7.83. The topological polar surface area (TPSA) is 38.3 Å². The van der Waals surface area contributed by atoms with Crippen LogP contribution in [-0.2, 0) is 9.53 Å². The zero-order chi connectivity index (χ0) is 7.78. The molecule has 0 amide bonds. The van der Waals surface area contributed by atoms with Crippen molar-refractivity contribution in [2.45, 2.75) is 31.9 Å². The Morgan fingerprint density at radius 1 is 1.64 bits per heavy atom. The summed E-state index contributed by atoms with van der Waals surface area (Å²) in [4.78, 5) is 10.9. The van der Waals surface area contributed by atoms with E-state index in [1.807, 2.05) is 13.8 Å². The molecule has 0 radical (unpaired) electrons. The first kappa shape index (κ1) is 10.7. The Morgan fingerprint density at radius 2 is 2.18 bits per heavy atom. The molecule has 0 aromatic rings. The van der Waals surface area contributed by atoms with E-state index in [1.165, 1.54) is 0 Å². The largest absolute Gasteiger partial charge is 0.458 e. The van der Waals surface area contributed by atoms with Gasteiger partial charge in [0, 0.05) is 6.42 Å². The lowest BCUT2D eigenvalue weighted by molar-refractivity contribution is -0.147. The van der Waals surface area contributed by atoms with Crippen LogP contribution in [0.4, 0.5) is 0 Å². The molecule has 1 saturated heterocycles. The number of ether oxygens (including phenoxy) is 1. The second-order valence-electron chi connectivity index (χ2n) is 3.23. The van der Waals surface area contributed by atoms with Gasteiger partial charge in [-0.15, -0.1) is 12.4 Å². The second-order valence-corrected chi connectivity index (χ2v) is 3.23. The van der Waals surface area contributed by atoms with Gasteiger partial charge < -0.3 is 10.1 Å². The van der Waals surface area contributed by atoms with Crippen LogP contribution in [0, 0.1) is 0 Å². The molecule has 0 saturated carbocycles. The van der Waals surface area contributed by atoms with Gasteiger partial charge in [0.1, 0.15) is 11.6 Å². The molecule has 1 rings (SSSR count). The number of nitrogens with one attached hydrogen (secondary N) is 1. The van der Waals surface area contributed by atoms with Crippen molar-refractivity contribution in [3.8, 4) is 0 Å². The van der Waals surface area contributed by atoms with E-state index in [1.54, 1.807) is 7.05 Å². The maximum atomic E-state index is 10.9. The first-order valence-electron chi connectivity index (χ1n) is 3.45. The summed E-state index contributed by atoms with van der Waals surface area (Å²) < 4.78 is 5.05. The van der Waals surface area contributed by atoms with Crippen molar-refractivity contribution >= 4 is 18.4 Å². The van der Waals surface area contributed by atoms with Crippen molar-refractivity contribution in [1.29, 1.82) is 0 Å². The van der Waals surface area contributed by atoms with Crippen molar-refractivity contribution < 1.29 is 9.53 Å². The van der Waals surface area contributed by atoms with Gasteiger partial charge in [0.15, 0.2) is 0 Å². The molecule has 1 heterocycles. The Morgan fingerprint density at radius 3 is 2.36 bits per heavy atom. The molecule has 1 aliphatic heterocycles. The van der Waals surface area contributed by atoms with Gasteiger partial charge >= 0.3 is 5.97 Å². The van der Waals surface area contributed by atoms with Gasteiger partial charge in [-0.3, -0.25) is 4.79 Å². The van der Waals surface area contributed by atoms with Crippen LogP contribution < -0.4 is 5.32 Å². The molecular formula is C7H14ClNO2. The minimum Gasteiger partial charge on any atom is -0.458 e. The van der Waals surface area contributed by atoms with Crippen molar-refractivity contribution in [2.75, 3.05) is 7.05 Å². The van der Waals surface area contributed by atoms with E-state index in [4.69, 9.17) is 4.74 Å². The second kappa shape index (κ2) is 3.41. The third-order valence-corrected chi connectivity index (χ3v) is 1.71. The van der Waals surface area contributed by atoms with E-state index in [-0.39, 0.29) is 30.0 Å². The highest BCUT2D eigenvalue weighted by atomic mass is 35.5. The highest BCUT2D eigenvalue weighted by Crippen LogP contribution is 2.24. The first-order chi connectivity index (χ1) is 4.55. The number of hydrogen-bond acceptors (Lipinski definition) is 3. The van der Waals surface area contributed by atoms with Crippen molar-refractivity contribution in [3.05, 3.63) is 0 Å². The Kier molecular flexibility index (Phi) is 3.32. The number of rotatable bonds is 1. The van der Waals surface area contributed by atoms with Crippen molar-refractivity contribution in [2.24, 2.45) is 0 Å². The molecule has 3 nitrogen and oxygen atoms in total. The molecule has 0 bridgehead atoms. The number of carbonyl (C=O) groups excluding carboxylic acids is 1. The molecule has 0 aromatic carbocycles. The maximum absolute atomic E-state index is 10.9. The molecule has 1 atom stereocenters. The van der Waals surface area contributed by atoms with Gasteiger partial charge in [-0.1, -0.05) is 0 Å². The fraction of sp³-hybridized carbons (Fsp3) is 0.857. The van der Waals surface area contributed by atoms with Crippen LogP contribution in [0.3, 0.4) is 0 Å². The van der Waals surface area contributed by atoms with Crippen molar-refractivity contribution in [1.82, 2.24) is 5.32 Å². The van der Waals surface area contributed by atoms with Crippen LogP contribution in [0.5, 0.6) is 0 Å². The van der Waals surface area contributed by atoms with Gasteiger partial charge in [0.05, 0.1) is 0 Å². The molecule has 4 heteroatoms. The molecule has 0 spiro atoms. The van der Waals surface area contributed by atoms with Crippen LogP contribution in [0.1, 0.15) is 20.3 Å². The lowest BCUT2D eigenvalue weighted by Gasteiger charge is -2.14. The number of cyclic esters (lactones) is 1. The first-order valence-corrected chi connectivity index (χ1v) is 3.45. The molecule has 1 N–H and O–H groups in total. The van der Waals surface area contributed by atoms with Crippen LogP contribution in [-0.4, -0.2) is 24.7 Å². The highest BCUT2D eigenvalue weighted by Gasteiger charge is 2.38. The van der Waals surface area contributed by atoms with Gasteiger partial charge in [-0.25, -0.2) is 0 Å². The third kappa shape index (κ3) is 2.34. The fourth-order valence-electron chi connectivity index (χ4n) is 1.18. The molecular weight excluding hydrogens is 166 g/mol. The van der Waals surface area contributed by atoms with Crippen molar-refractivity contribution in [3.63, 3.8) is 0 Å². The fourth-order valence-corrected chi connectivity index (χ4v) is 1.18. The van der Waals surface area contributed by atoms with E-state index >= 15 is 0 Å². The minimum atomic E-state index is -0.273. The summed E-state index contributed by atoms with van der Waals surface area (Å²) >= 11 is 0. The molecule has 0 aromatic heterocycles. The SMILES string of the molecule is CNC1CC(C)(C)OC1=O.Cl. The van der Waals surface area contributed by atoms with Gasteiger partial charge in [-0.2, -0.15) is 0 Å². The Balaban J connectivity index is 0.000001000. The number of likely N-dealkylation sites (N-methyl/N-ethyl adjacent to an activating group) is 1. The minimum absolute atomic E-state index is 0. The highest BCUT2D eigenvalue weighted by molar-refractivity contribution is 5.85. The zero-order valence-electron chi connectivity index (χ0n) is 7.01. The number of halogens is 1. The van der Waals surface area contributed by atoms with Crippen LogP contribution in [0.15, 0.2) is 0 Å². The van der Waals surface area contributed by atoms with Crippen LogP contribution in [0.2, 0.25) is 0 Å². The van der Waals surface area contributed by atoms with Gasteiger partial charge in [0.2, 0.25) is 0 Å². The normalized spacial score (nSPS) is 27.5. The van der Waals surface area contributed by atoms with Crippen LogP contribution in [0.25, 0.3) is 0 Å². The number of esters is 1. The summed E-state index contributed by atoms with van der Waals surface area (Å²) in [5, 5.41) is 2.89. The summed E-state index contributed by atoms with van der Waals surface area (Å²) in [6, 6.07) is -0.102. The van der Waals surface area contributed by atoms with Gasteiger partial charge in [0.25, 0.3) is 0 Å². The molecule has 11 heavy (non-hydrogen) atoms. The third-order valence-electron chi connectivity index (χ3n) is 1.71. The van der Waals surface area contributed by atoms with Crippen LogP contribution >= 0.6 is 12.4 Å². The Labute approximate surface area is 72.9 Å². The molecule has 66 valence electrons. The van der Waals surface area contributed by atoms with E-state index in [0.717, 1.165) is 6.42 Å². The molecule has 1 aliphatic rings. The quantitative estimate of drug-likeness (QED) is 0.603. The van der Waals surface area contributed by atoms with E-state index in [9.17, 15) is 4.79 Å². The molecule has 0 aliphatic carbocycles. The predicted molar refractivity (Wildman–Crippen MR) is 44.9 cm³/mol. The van der Waals surface area contributed by atoms with E-state index in [0.29, 0.717) is 0 Å². The smallest absolute Gasteiger partial charge is 0.323 e. The maximum Gasteiger partial charge on any atom is 0.323 e. The monoisotopic (exact) mass is 179 g/mol. The molecule has 1 fully saturated rings. The van der Waals surface area contributed by atoms with E-state index in [2.05, 4.69) is 5.32 Å². The average Bonchev–Trinajstić information content (AvgIpc) is 2.05. The summed E-state index contributed by atoms with van der Waals surface area (Å²) in [7, 11) is 1.77. The summed E-state index contributed by atoms with van der Waals surface area (Å²) in [5.74, 6) is -0.132. The van der Waals surface area contributed by atoms with Gasteiger partial charge in [-0.05, 0) is 20.9 Å².